The van der Waals surface area contributed by atoms with Gasteiger partial charge in [-0.3, -0.25) is 4.79 Å². The Labute approximate surface area is 186 Å². The normalized spacial score (nSPS) is 31.9. The van der Waals surface area contributed by atoms with Crippen LogP contribution in [0.3, 0.4) is 0 Å². The van der Waals surface area contributed by atoms with Gasteiger partial charge in [0.2, 0.25) is 5.91 Å². The lowest BCUT2D eigenvalue weighted by atomic mass is 10.1. The molecule has 3 atom stereocenters. The van der Waals surface area contributed by atoms with E-state index >= 15 is 0 Å². The van der Waals surface area contributed by atoms with E-state index in [1.165, 1.54) is 6.08 Å². The van der Waals surface area contributed by atoms with Crippen LogP contribution in [0.1, 0.15) is 33.6 Å². The van der Waals surface area contributed by atoms with Crippen LogP contribution < -0.4 is 5.32 Å². The third-order valence-corrected chi connectivity index (χ3v) is 4.40. The van der Waals surface area contributed by atoms with Gasteiger partial charge < -0.3 is 15.5 Å². The quantitative estimate of drug-likeness (QED) is 0.574. The molecule has 0 unspecified atom stereocenters. The molecule has 166 valence electrons. The molecular weight excluding hydrogens is 386 g/mol. The van der Waals surface area contributed by atoms with E-state index in [1.54, 1.807) is 36.5 Å². The smallest absolute Gasteiger partial charge is 0.244 e. The van der Waals surface area contributed by atoms with Crippen LogP contribution in [0.5, 0.6) is 0 Å². The molecule has 31 heavy (non-hydrogen) atoms. The van der Waals surface area contributed by atoms with Crippen molar-refractivity contribution in [3.63, 3.8) is 0 Å². The summed E-state index contributed by atoms with van der Waals surface area (Å²) < 4.78 is 0. The number of carbonyl (C=O) groups is 1. The molecule has 1 aliphatic rings. The first-order chi connectivity index (χ1) is 14.9. The summed E-state index contributed by atoms with van der Waals surface area (Å²) in [6.07, 6.45) is 28.6. The molecule has 3 N–H and O–H groups in total. The minimum absolute atomic E-state index is 0.00469. The Morgan fingerprint density at radius 3 is 2.45 bits per heavy atom. The van der Waals surface area contributed by atoms with Crippen molar-refractivity contribution in [1.82, 2.24) is 5.32 Å². The third kappa shape index (κ3) is 13.1. The van der Waals surface area contributed by atoms with Gasteiger partial charge in [-0.15, -0.1) is 0 Å². The molecule has 0 radical (unpaired) electrons. The van der Waals surface area contributed by atoms with E-state index in [2.05, 4.69) is 5.32 Å². The molecule has 4 heteroatoms. The molecule has 0 aromatic heterocycles. The third-order valence-electron chi connectivity index (χ3n) is 4.40. The van der Waals surface area contributed by atoms with Gasteiger partial charge in [0.15, 0.2) is 0 Å². The highest BCUT2D eigenvalue weighted by Crippen LogP contribution is 2.06. The highest BCUT2D eigenvalue weighted by molar-refractivity contribution is 5.88. The van der Waals surface area contributed by atoms with Gasteiger partial charge in [-0.2, -0.15) is 0 Å². The summed E-state index contributed by atoms with van der Waals surface area (Å²) in [5, 5.41) is 23.2. The lowest BCUT2D eigenvalue weighted by molar-refractivity contribution is -0.117. The fourth-order valence-electron chi connectivity index (χ4n) is 2.69. The van der Waals surface area contributed by atoms with Gasteiger partial charge in [-0.1, -0.05) is 102 Å². The van der Waals surface area contributed by atoms with E-state index < -0.39 is 12.2 Å². The van der Waals surface area contributed by atoms with Crippen LogP contribution in [0.25, 0.3) is 0 Å². The van der Waals surface area contributed by atoms with Crippen LogP contribution in [0, 0.1) is 0 Å². The van der Waals surface area contributed by atoms with E-state index in [-0.39, 0.29) is 11.9 Å². The van der Waals surface area contributed by atoms with Gasteiger partial charge in [-0.05, 0) is 33.6 Å². The number of nitrogens with one attached hydrogen (secondary N) is 1. The monoisotopic (exact) mass is 421 g/mol. The van der Waals surface area contributed by atoms with Crippen LogP contribution in [0.2, 0.25) is 0 Å². The molecule has 0 saturated carbocycles. The van der Waals surface area contributed by atoms with Crippen molar-refractivity contribution in [3.8, 4) is 0 Å². The molecule has 4 nitrogen and oxygen atoms in total. The molecule has 1 heterocycles. The summed E-state index contributed by atoms with van der Waals surface area (Å²) in [6, 6.07) is -0.00469. The number of rotatable bonds is 3. The van der Waals surface area contributed by atoms with Crippen molar-refractivity contribution < 1.29 is 15.0 Å². The highest BCUT2D eigenvalue weighted by atomic mass is 16.3. The average molecular weight is 422 g/mol. The topological polar surface area (TPSA) is 69.6 Å². The molecule has 0 aromatic rings. The van der Waals surface area contributed by atoms with Gasteiger partial charge in [0.1, 0.15) is 12.2 Å². The molecule has 1 amide bonds. The van der Waals surface area contributed by atoms with Crippen molar-refractivity contribution in [3.05, 3.63) is 108 Å². The SMILES string of the molecule is C/C=C/C=C/C[C@@H]1C\C=C/C=C(C)\C=C/C=C[C@@H](O)[C@@H](O)\C=C(C)/C=C\C=C/C(=O)N1. The number of amides is 1. The Bertz CT molecular complexity index is 819. The Morgan fingerprint density at radius 2 is 1.68 bits per heavy atom. The van der Waals surface area contributed by atoms with Crippen molar-refractivity contribution in [2.24, 2.45) is 0 Å². The number of aliphatic hydroxyl groups excluding tert-OH is 2. The summed E-state index contributed by atoms with van der Waals surface area (Å²) in [7, 11) is 0. The fraction of sp³-hybridized carbons (Fsp3) is 0.296. The first-order valence-corrected chi connectivity index (χ1v) is 10.6. The zero-order valence-electron chi connectivity index (χ0n) is 18.7. The van der Waals surface area contributed by atoms with Gasteiger partial charge in [0.05, 0.1) is 0 Å². The Kier molecular flexibility index (Phi) is 13.3. The van der Waals surface area contributed by atoms with E-state index in [0.29, 0.717) is 0 Å². The molecule has 1 aliphatic heterocycles. The molecule has 0 fully saturated rings. The number of hydrogen-bond donors (Lipinski definition) is 3. The maximum atomic E-state index is 12.3. The lowest BCUT2D eigenvalue weighted by Crippen LogP contribution is -2.32. The minimum Gasteiger partial charge on any atom is -0.386 e. The Balaban J connectivity index is 3.04. The molecule has 0 bridgehead atoms. The zero-order chi connectivity index (χ0) is 22.9. The van der Waals surface area contributed by atoms with Crippen LogP contribution in [-0.2, 0) is 4.79 Å². The van der Waals surface area contributed by atoms with Crippen molar-refractivity contribution in [2.45, 2.75) is 51.9 Å². The summed E-state index contributed by atoms with van der Waals surface area (Å²) in [6.45, 7) is 5.77. The summed E-state index contributed by atoms with van der Waals surface area (Å²) in [4.78, 5) is 12.3. The first kappa shape index (κ1) is 26.1. The lowest BCUT2D eigenvalue weighted by Gasteiger charge is -2.14. The summed E-state index contributed by atoms with van der Waals surface area (Å²) in [5.74, 6) is -0.159. The molecule has 0 spiro atoms. The van der Waals surface area contributed by atoms with E-state index in [9.17, 15) is 15.0 Å². The second-order valence-corrected chi connectivity index (χ2v) is 7.32. The van der Waals surface area contributed by atoms with Crippen molar-refractivity contribution in [2.75, 3.05) is 0 Å². The maximum absolute atomic E-state index is 12.3. The number of aliphatic hydroxyl groups is 2. The predicted octanol–water partition coefficient (Wildman–Crippen LogP) is 4.79. The first-order valence-electron chi connectivity index (χ1n) is 10.6. The molecular formula is C27H35NO3. The highest BCUT2D eigenvalue weighted by Gasteiger charge is 2.09. The van der Waals surface area contributed by atoms with E-state index in [1.807, 2.05) is 75.5 Å². The molecule has 1 rings (SSSR count). The van der Waals surface area contributed by atoms with E-state index in [4.69, 9.17) is 0 Å². The molecule has 0 aromatic carbocycles. The predicted molar refractivity (Wildman–Crippen MR) is 130 cm³/mol. The molecule has 0 saturated heterocycles. The van der Waals surface area contributed by atoms with Crippen LogP contribution in [0.4, 0.5) is 0 Å². The number of hydrogen-bond acceptors (Lipinski definition) is 3. The second-order valence-electron chi connectivity index (χ2n) is 7.32. The average Bonchev–Trinajstić information content (AvgIpc) is 2.73. The van der Waals surface area contributed by atoms with Crippen molar-refractivity contribution >= 4 is 5.91 Å². The van der Waals surface area contributed by atoms with Gasteiger partial charge >= 0.3 is 0 Å². The zero-order valence-corrected chi connectivity index (χ0v) is 18.7. The van der Waals surface area contributed by atoms with Crippen LogP contribution in [0.15, 0.2) is 108 Å². The maximum Gasteiger partial charge on any atom is 0.244 e. The van der Waals surface area contributed by atoms with Gasteiger partial charge in [0, 0.05) is 12.1 Å². The second kappa shape index (κ2) is 15.8. The van der Waals surface area contributed by atoms with Crippen LogP contribution in [-0.4, -0.2) is 34.4 Å². The number of allylic oxidation sites excluding steroid dienone is 13. The van der Waals surface area contributed by atoms with Crippen LogP contribution >= 0.6 is 0 Å². The fourth-order valence-corrected chi connectivity index (χ4v) is 2.69. The van der Waals surface area contributed by atoms with E-state index in [0.717, 1.165) is 24.0 Å². The number of carbonyl (C=O) groups excluding carboxylic acids is 1. The Morgan fingerprint density at radius 1 is 0.968 bits per heavy atom. The van der Waals surface area contributed by atoms with Gasteiger partial charge in [0.25, 0.3) is 0 Å². The minimum atomic E-state index is -1.01. The Hall–Kier alpha value is -2.95. The summed E-state index contributed by atoms with van der Waals surface area (Å²) in [5.41, 5.74) is 1.83. The van der Waals surface area contributed by atoms with Crippen molar-refractivity contribution in [1.29, 1.82) is 0 Å². The van der Waals surface area contributed by atoms with Gasteiger partial charge in [-0.25, -0.2) is 0 Å². The summed E-state index contributed by atoms with van der Waals surface area (Å²) >= 11 is 0. The largest absolute Gasteiger partial charge is 0.386 e. The standard InChI is InChI=1S/C27H35NO3/c1-4-5-6-7-17-24-18-11-8-14-22(2)15-9-12-19-25(29)26(30)21-23(3)16-10-13-20-27(31)28-24/h4-16,19-21,24-26,29-30H,17-18H2,1-3H3,(H,28,31)/b5-4+,7-6+,11-8-,15-9-,16-10-,19-12?,20-13-,22-14-,23-21-/t24-,25-,26+/m1/s1. The molecule has 0 aliphatic carbocycles.